The molecule has 0 saturated carbocycles. The van der Waals surface area contributed by atoms with Crippen molar-refractivity contribution in [2.75, 3.05) is 12.4 Å². The molecule has 3 heterocycles. The fraction of sp³-hybridized carbons (Fsp3) is 0.125. The molecule has 3 aromatic heterocycles. The highest BCUT2D eigenvalue weighted by molar-refractivity contribution is 7.23. The van der Waals surface area contributed by atoms with Crippen LogP contribution in [0.1, 0.15) is 0 Å². The highest BCUT2D eigenvalue weighted by Gasteiger charge is 2.15. The van der Waals surface area contributed by atoms with Crippen LogP contribution in [0.15, 0.2) is 42.7 Å². The Hall–Kier alpha value is -2.40. The summed E-state index contributed by atoms with van der Waals surface area (Å²) in [5.41, 5.74) is 4.30. The second kappa shape index (κ2) is 4.56. The third-order valence-corrected chi connectivity index (χ3v) is 4.80. The molecule has 0 unspecified atom stereocenters. The average Bonchev–Trinajstić information content (AvgIpc) is 3.11. The van der Waals surface area contributed by atoms with E-state index in [2.05, 4.69) is 45.2 Å². The van der Waals surface area contributed by atoms with E-state index < -0.39 is 0 Å². The van der Waals surface area contributed by atoms with Crippen LogP contribution >= 0.6 is 11.3 Å². The van der Waals surface area contributed by atoms with Crippen molar-refractivity contribution in [3.05, 3.63) is 42.7 Å². The Morgan fingerprint density at radius 3 is 2.76 bits per heavy atom. The fourth-order valence-electron chi connectivity index (χ4n) is 2.60. The standard InChI is InChI=1S/C16H14N4S/c1-17-16-13-14(20(2)9-18-13)15-11(19-16)8-12(21-15)10-6-4-3-5-7-10/h3-9H,1-2H3,(H,17,19). The Labute approximate surface area is 126 Å². The zero-order chi connectivity index (χ0) is 14.4. The number of hydrogen-bond acceptors (Lipinski definition) is 4. The summed E-state index contributed by atoms with van der Waals surface area (Å²) in [7, 11) is 3.91. The Kier molecular flexibility index (Phi) is 2.68. The predicted octanol–water partition coefficient (Wildman–Crippen LogP) is 3.89. The maximum atomic E-state index is 4.70. The monoisotopic (exact) mass is 294 g/mol. The zero-order valence-corrected chi connectivity index (χ0v) is 12.6. The van der Waals surface area contributed by atoms with E-state index in [1.165, 1.54) is 15.1 Å². The van der Waals surface area contributed by atoms with E-state index in [-0.39, 0.29) is 0 Å². The second-order valence-corrected chi connectivity index (χ2v) is 6.01. The van der Waals surface area contributed by atoms with E-state index >= 15 is 0 Å². The Bertz CT molecular complexity index is 937. The molecule has 0 saturated heterocycles. The van der Waals surface area contributed by atoms with Crippen molar-refractivity contribution in [2.45, 2.75) is 0 Å². The number of pyridine rings is 1. The molecule has 21 heavy (non-hydrogen) atoms. The topological polar surface area (TPSA) is 42.7 Å². The molecule has 0 atom stereocenters. The van der Waals surface area contributed by atoms with Crippen molar-refractivity contribution < 1.29 is 0 Å². The number of benzene rings is 1. The van der Waals surface area contributed by atoms with Gasteiger partial charge in [0.15, 0.2) is 5.82 Å². The summed E-state index contributed by atoms with van der Waals surface area (Å²) >= 11 is 1.77. The first kappa shape index (κ1) is 12.3. The molecule has 4 rings (SSSR count). The van der Waals surface area contributed by atoms with Gasteiger partial charge < -0.3 is 9.88 Å². The second-order valence-electron chi connectivity index (χ2n) is 4.95. The van der Waals surface area contributed by atoms with Gasteiger partial charge in [0.2, 0.25) is 0 Å². The van der Waals surface area contributed by atoms with Crippen LogP contribution < -0.4 is 5.32 Å². The number of hydrogen-bond donors (Lipinski definition) is 1. The smallest absolute Gasteiger partial charge is 0.154 e. The van der Waals surface area contributed by atoms with Crippen LogP contribution in [0, 0.1) is 0 Å². The number of fused-ring (bicyclic) bond motifs is 3. The molecule has 0 aliphatic heterocycles. The van der Waals surface area contributed by atoms with Crippen LogP contribution in [0.25, 0.3) is 31.7 Å². The summed E-state index contributed by atoms with van der Waals surface area (Å²) < 4.78 is 3.24. The van der Waals surface area contributed by atoms with Crippen LogP contribution in [0.4, 0.5) is 5.82 Å². The van der Waals surface area contributed by atoms with Gasteiger partial charge in [0.25, 0.3) is 0 Å². The lowest BCUT2D eigenvalue weighted by Crippen LogP contribution is -1.94. The van der Waals surface area contributed by atoms with Gasteiger partial charge >= 0.3 is 0 Å². The van der Waals surface area contributed by atoms with Crippen LogP contribution in [0.5, 0.6) is 0 Å². The largest absolute Gasteiger partial charge is 0.371 e. The number of aryl methyl sites for hydroxylation is 1. The summed E-state index contributed by atoms with van der Waals surface area (Å²) in [5, 5.41) is 3.14. The molecule has 0 bridgehead atoms. The van der Waals surface area contributed by atoms with Crippen LogP contribution in [-0.2, 0) is 7.05 Å². The van der Waals surface area contributed by atoms with Crippen molar-refractivity contribution in [1.82, 2.24) is 14.5 Å². The molecule has 0 aliphatic rings. The average molecular weight is 294 g/mol. The third-order valence-electron chi connectivity index (χ3n) is 3.62. The molecular formula is C16H14N4S. The van der Waals surface area contributed by atoms with E-state index in [4.69, 9.17) is 4.98 Å². The van der Waals surface area contributed by atoms with Gasteiger partial charge in [0.05, 0.1) is 22.1 Å². The molecule has 5 heteroatoms. The summed E-state index contributed by atoms with van der Waals surface area (Å²) in [6, 6.07) is 12.6. The van der Waals surface area contributed by atoms with Crippen molar-refractivity contribution in [3.8, 4) is 10.4 Å². The molecule has 0 fully saturated rings. The molecule has 4 nitrogen and oxygen atoms in total. The lowest BCUT2D eigenvalue weighted by atomic mass is 10.2. The molecule has 1 N–H and O–H groups in total. The minimum Gasteiger partial charge on any atom is -0.371 e. The number of anilines is 1. The maximum Gasteiger partial charge on any atom is 0.154 e. The van der Waals surface area contributed by atoms with Gasteiger partial charge in [-0.15, -0.1) is 11.3 Å². The van der Waals surface area contributed by atoms with Gasteiger partial charge in [-0.3, -0.25) is 0 Å². The van der Waals surface area contributed by atoms with Crippen molar-refractivity contribution in [3.63, 3.8) is 0 Å². The van der Waals surface area contributed by atoms with E-state index in [1.54, 1.807) is 11.3 Å². The molecule has 1 aromatic carbocycles. The molecule has 104 valence electrons. The zero-order valence-electron chi connectivity index (χ0n) is 11.8. The van der Waals surface area contributed by atoms with E-state index in [0.29, 0.717) is 0 Å². The van der Waals surface area contributed by atoms with Crippen molar-refractivity contribution >= 4 is 38.4 Å². The summed E-state index contributed by atoms with van der Waals surface area (Å²) in [6.45, 7) is 0. The molecule has 0 spiro atoms. The molecular weight excluding hydrogens is 280 g/mol. The Balaban J connectivity index is 2.07. The Morgan fingerprint density at radius 2 is 2.00 bits per heavy atom. The third kappa shape index (κ3) is 1.81. The minimum absolute atomic E-state index is 0.829. The lowest BCUT2D eigenvalue weighted by Gasteiger charge is -2.02. The van der Waals surface area contributed by atoms with Gasteiger partial charge in [0, 0.05) is 19.0 Å². The minimum atomic E-state index is 0.829. The lowest BCUT2D eigenvalue weighted by molar-refractivity contribution is 0.951. The molecule has 4 aromatic rings. The molecule has 0 radical (unpaired) electrons. The quantitative estimate of drug-likeness (QED) is 0.610. The van der Waals surface area contributed by atoms with E-state index in [0.717, 1.165) is 22.4 Å². The summed E-state index contributed by atoms with van der Waals surface area (Å²) in [4.78, 5) is 10.4. The van der Waals surface area contributed by atoms with Crippen LogP contribution in [0.3, 0.4) is 0 Å². The normalized spacial score (nSPS) is 11.3. The molecule has 0 amide bonds. The summed E-state index contributed by atoms with van der Waals surface area (Å²) in [6.07, 6.45) is 1.84. The first-order valence-electron chi connectivity index (χ1n) is 6.75. The van der Waals surface area contributed by atoms with Gasteiger partial charge in [-0.25, -0.2) is 9.97 Å². The van der Waals surface area contributed by atoms with E-state index in [1.807, 2.05) is 26.5 Å². The predicted molar refractivity (Wildman–Crippen MR) is 88.9 cm³/mol. The van der Waals surface area contributed by atoms with E-state index in [9.17, 15) is 0 Å². The van der Waals surface area contributed by atoms with Crippen molar-refractivity contribution in [2.24, 2.45) is 7.05 Å². The highest BCUT2D eigenvalue weighted by atomic mass is 32.1. The van der Waals surface area contributed by atoms with Gasteiger partial charge in [-0.1, -0.05) is 30.3 Å². The maximum absolute atomic E-state index is 4.70. The number of nitrogens with zero attached hydrogens (tertiary/aromatic N) is 3. The Morgan fingerprint density at radius 1 is 1.19 bits per heavy atom. The van der Waals surface area contributed by atoms with Crippen molar-refractivity contribution in [1.29, 1.82) is 0 Å². The number of rotatable bonds is 2. The van der Waals surface area contributed by atoms with Crippen LogP contribution in [-0.4, -0.2) is 21.6 Å². The number of aromatic nitrogens is 3. The molecule has 0 aliphatic carbocycles. The highest BCUT2D eigenvalue weighted by Crippen LogP contribution is 2.38. The van der Waals surface area contributed by atoms with Gasteiger partial charge in [-0.05, 0) is 11.6 Å². The SMILES string of the molecule is CNc1nc2cc(-c3ccccc3)sc2c2c1ncn2C. The number of thiophene rings is 1. The van der Waals surface area contributed by atoms with Gasteiger partial charge in [-0.2, -0.15) is 0 Å². The number of imidazole rings is 1. The van der Waals surface area contributed by atoms with Crippen LogP contribution in [0.2, 0.25) is 0 Å². The first-order chi connectivity index (χ1) is 10.3. The number of nitrogens with one attached hydrogen (secondary N) is 1. The summed E-state index contributed by atoms with van der Waals surface area (Å²) in [5.74, 6) is 0.829. The van der Waals surface area contributed by atoms with Gasteiger partial charge in [0.1, 0.15) is 5.52 Å². The first-order valence-corrected chi connectivity index (χ1v) is 7.57. The fourth-order valence-corrected chi connectivity index (χ4v) is 3.79.